The number of aryl methyl sites for hydroxylation is 1. The standard InChI is InChI=1S/C12H15BrN4O/c1-9-2-12(15-18-9)8-16-4-10(5-16)6-17-7-11(13)3-14-17/h2-3,7,10H,4-6,8H2,1H3. The third-order valence-corrected chi connectivity index (χ3v) is 3.55. The second-order valence-electron chi connectivity index (χ2n) is 4.87. The maximum Gasteiger partial charge on any atom is 0.133 e. The van der Waals surface area contributed by atoms with E-state index in [9.17, 15) is 0 Å². The van der Waals surface area contributed by atoms with Crippen LogP contribution in [0.25, 0.3) is 0 Å². The van der Waals surface area contributed by atoms with Crippen LogP contribution in [0.1, 0.15) is 11.5 Å². The molecule has 0 radical (unpaired) electrons. The van der Waals surface area contributed by atoms with Gasteiger partial charge in [-0.15, -0.1) is 0 Å². The Hall–Kier alpha value is -1.14. The highest BCUT2D eigenvalue weighted by atomic mass is 79.9. The van der Waals surface area contributed by atoms with Crippen molar-refractivity contribution in [1.82, 2.24) is 19.8 Å². The molecular formula is C12H15BrN4O. The molecule has 0 bridgehead atoms. The maximum atomic E-state index is 5.06. The quantitative estimate of drug-likeness (QED) is 0.867. The minimum atomic E-state index is 0.685. The van der Waals surface area contributed by atoms with Crippen molar-refractivity contribution in [2.24, 2.45) is 5.92 Å². The van der Waals surface area contributed by atoms with Crippen LogP contribution in [-0.4, -0.2) is 32.9 Å². The lowest BCUT2D eigenvalue weighted by molar-refractivity contribution is 0.0754. The summed E-state index contributed by atoms with van der Waals surface area (Å²) in [4.78, 5) is 2.38. The Morgan fingerprint density at radius 2 is 2.33 bits per heavy atom. The fourth-order valence-electron chi connectivity index (χ4n) is 2.35. The zero-order valence-corrected chi connectivity index (χ0v) is 11.8. The fourth-order valence-corrected chi connectivity index (χ4v) is 2.67. The summed E-state index contributed by atoms with van der Waals surface area (Å²) in [6.45, 7) is 5.99. The summed E-state index contributed by atoms with van der Waals surface area (Å²) in [5.41, 5.74) is 1.02. The topological polar surface area (TPSA) is 47.1 Å². The summed E-state index contributed by atoms with van der Waals surface area (Å²) >= 11 is 3.41. The summed E-state index contributed by atoms with van der Waals surface area (Å²) in [5, 5.41) is 8.28. The van der Waals surface area contributed by atoms with E-state index in [2.05, 4.69) is 31.1 Å². The fraction of sp³-hybridized carbons (Fsp3) is 0.500. The molecule has 0 amide bonds. The van der Waals surface area contributed by atoms with Crippen molar-refractivity contribution >= 4 is 15.9 Å². The van der Waals surface area contributed by atoms with Gasteiger partial charge in [-0.2, -0.15) is 5.10 Å². The van der Waals surface area contributed by atoms with Crippen molar-refractivity contribution in [2.45, 2.75) is 20.0 Å². The van der Waals surface area contributed by atoms with Gasteiger partial charge in [-0.3, -0.25) is 9.58 Å². The predicted octanol–water partition coefficient (Wildman–Crippen LogP) is 2.07. The summed E-state index contributed by atoms with van der Waals surface area (Å²) in [5.74, 6) is 1.56. The van der Waals surface area contributed by atoms with Crippen LogP contribution in [0.2, 0.25) is 0 Å². The van der Waals surface area contributed by atoms with Gasteiger partial charge in [0.2, 0.25) is 0 Å². The van der Waals surface area contributed by atoms with E-state index in [1.165, 1.54) is 0 Å². The lowest BCUT2D eigenvalue weighted by Gasteiger charge is -2.38. The minimum absolute atomic E-state index is 0.685. The molecule has 1 fully saturated rings. The third-order valence-electron chi connectivity index (χ3n) is 3.14. The van der Waals surface area contributed by atoms with E-state index in [1.807, 2.05) is 30.1 Å². The number of nitrogens with zero attached hydrogens (tertiary/aromatic N) is 4. The molecular weight excluding hydrogens is 296 g/mol. The van der Waals surface area contributed by atoms with E-state index < -0.39 is 0 Å². The molecule has 1 aliphatic heterocycles. The van der Waals surface area contributed by atoms with Crippen molar-refractivity contribution in [2.75, 3.05) is 13.1 Å². The Labute approximate surface area is 114 Å². The smallest absolute Gasteiger partial charge is 0.133 e. The summed E-state index contributed by atoms with van der Waals surface area (Å²) in [6.07, 6.45) is 3.85. The lowest BCUT2D eigenvalue weighted by Crippen LogP contribution is -2.47. The normalized spacial score (nSPS) is 17.0. The molecule has 0 unspecified atom stereocenters. The van der Waals surface area contributed by atoms with Crippen LogP contribution in [0.5, 0.6) is 0 Å². The van der Waals surface area contributed by atoms with Crippen LogP contribution in [0.3, 0.4) is 0 Å². The molecule has 0 spiro atoms. The summed E-state index contributed by atoms with van der Waals surface area (Å²) in [6, 6.07) is 2.00. The first kappa shape index (κ1) is 11.9. The number of rotatable bonds is 4. The number of aromatic nitrogens is 3. The van der Waals surface area contributed by atoms with Crippen LogP contribution >= 0.6 is 15.9 Å². The average Bonchev–Trinajstić information content (AvgIpc) is 2.85. The van der Waals surface area contributed by atoms with Gasteiger partial charge < -0.3 is 4.52 Å². The predicted molar refractivity (Wildman–Crippen MR) is 69.9 cm³/mol. The molecule has 0 saturated carbocycles. The first-order chi connectivity index (χ1) is 8.69. The second kappa shape index (κ2) is 4.85. The zero-order valence-electron chi connectivity index (χ0n) is 10.2. The number of hydrogen-bond donors (Lipinski definition) is 0. The van der Waals surface area contributed by atoms with Crippen LogP contribution < -0.4 is 0 Å². The Balaban J connectivity index is 1.46. The Kier molecular flexibility index (Phi) is 3.22. The zero-order chi connectivity index (χ0) is 12.5. The van der Waals surface area contributed by atoms with Crippen LogP contribution in [0.15, 0.2) is 27.5 Å². The van der Waals surface area contributed by atoms with Crippen LogP contribution in [-0.2, 0) is 13.1 Å². The summed E-state index contributed by atoms with van der Waals surface area (Å²) < 4.78 is 8.09. The van der Waals surface area contributed by atoms with E-state index in [0.29, 0.717) is 5.92 Å². The van der Waals surface area contributed by atoms with Crippen molar-refractivity contribution < 1.29 is 4.52 Å². The molecule has 2 aromatic heterocycles. The molecule has 0 aromatic carbocycles. The Bertz CT molecular complexity index is 483. The molecule has 3 heterocycles. The number of hydrogen-bond acceptors (Lipinski definition) is 4. The lowest BCUT2D eigenvalue weighted by atomic mass is 10.00. The third kappa shape index (κ3) is 2.64. The maximum absolute atomic E-state index is 5.06. The second-order valence-corrected chi connectivity index (χ2v) is 5.79. The van der Waals surface area contributed by atoms with E-state index in [4.69, 9.17) is 4.52 Å². The highest BCUT2D eigenvalue weighted by Gasteiger charge is 2.27. The highest BCUT2D eigenvalue weighted by molar-refractivity contribution is 9.10. The number of likely N-dealkylation sites (tertiary alicyclic amines) is 1. The molecule has 96 valence electrons. The first-order valence-electron chi connectivity index (χ1n) is 6.01. The van der Waals surface area contributed by atoms with Crippen molar-refractivity contribution in [3.63, 3.8) is 0 Å². The monoisotopic (exact) mass is 310 g/mol. The van der Waals surface area contributed by atoms with Gasteiger partial charge in [0.1, 0.15) is 5.76 Å². The molecule has 3 rings (SSSR count). The molecule has 18 heavy (non-hydrogen) atoms. The van der Waals surface area contributed by atoms with Gasteiger partial charge in [0, 0.05) is 44.4 Å². The van der Waals surface area contributed by atoms with Crippen molar-refractivity contribution in [3.05, 3.63) is 34.4 Å². The SMILES string of the molecule is Cc1cc(CN2CC(Cn3cc(Br)cn3)C2)no1. The molecule has 0 N–H and O–H groups in total. The molecule has 1 aliphatic rings. The van der Waals surface area contributed by atoms with Gasteiger partial charge in [0.25, 0.3) is 0 Å². The molecule has 0 atom stereocenters. The van der Waals surface area contributed by atoms with Crippen LogP contribution in [0.4, 0.5) is 0 Å². The molecule has 1 saturated heterocycles. The largest absolute Gasteiger partial charge is 0.361 e. The van der Waals surface area contributed by atoms with Gasteiger partial charge in [-0.25, -0.2) is 0 Å². The van der Waals surface area contributed by atoms with Gasteiger partial charge in [-0.1, -0.05) is 5.16 Å². The molecule has 6 heteroatoms. The molecule has 0 aliphatic carbocycles. The van der Waals surface area contributed by atoms with Gasteiger partial charge in [0.15, 0.2) is 0 Å². The molecule has 2 aromatic rings. The van der Waals surface area contributed by atoms with Crippen LogP contribution in [0, 0.1) is 12.8 Å². The van der Waals surface area contributed by atoms with Gasteiger partial charge >= 0.3 is 0 Å². The number of halogens is 1. The Morgan fingerprint density at radius 3 is 2.94 bits per heavy atom. The van der Waals surface area contributed by atoms with Crippen molar-refractivity contribution in [1.29, 1.82) is 0 Å². The average molecular weight is 311 g/mol. The Morgan fingerprint density at radius 1 is 1.50 bits per heavy atom. The summed E-state index contributed by atoms with van der Waals surface area (Å²) in [7, 11) is 0. The van der Waals surface area contributed by atoms with E-state index in [-0.39, 0.29) is 0 Å². The highest BCUT2D eigenvalue weighted by Crippen LogP contribution is 2.20. The van der Waals surface area contributed by atoms with E-state index >= 15 is 0 Å². The minimum Gasteiger partial charge on any atom is -0.361 e. The van der Waals surface area contributed by atoms with Gasteiger partial charge in [-0.05, 0) is 22.9 Å². The van der Waals surface area contributed by atoms with Gasteiger partial charge in [0.05, 0.1) is 16.4 Å². The van der Waals surface area contributed by atoms with Crippen molar-refractivity contribution in [3.8, 4) is 0 Å². The van der Waals surface area contributed by atoms with E-state index in [0.717, 1.165) is 42.1 Å². The first-order valence-corrected chi connectivity index (χ1v) is 6.81. The van der Waals surface area contributed by atoms with E-state index in [1.54, 1.807) is 0 Å². The molecule has 5 nitrogen and oxygen atoms in total.